The highest BCUT2D eigenvalue weighted by Crippen LogP contribution is 2.57. The molecule has 0 amide bonds. The summed E-state index contributed by atoms with van der Waals surface area (Å²) in [6.45, 7) is 5.21. The van der Waals surface area contributed by atoms with Gasteiger partial charge in [-0.05, 0) is 39.0 Å². The van der Waals surface area contributed by atoms with Crippen LogP contribution in [0, 0.1) is 17.3 Å². The SMILES string of the molecule is CCOC1CC(NC(=NC)N2CC3C4CCC(O4)C3C2)C12CCC2. The fraction of sp³-hybridized carbons (Fsp3) is 0.947. The monoisotopic (exact) mass is 333 g/mol. The van der Waals surface area contributed by atoms with Gasteiger partial charge >= 0.3 is 0 Å². The molecule has 1 spiro atoms. The van der Waals surface area contributed by atoms with Gasteiger partial charge in [-0.25, -0.2) is 0 Å². The number of ether oxygens (including phenoxy) is 2. The molecule has 2 aliphatic carbocycles. The molecule has 3 aliphatic heterocycles. The second kappa shape index (κ2) is 5.60. The summed E-state index contributed by atoms with van der Waals surface area (Å²) >= 11 is 0. The molecule has 5 heteroatoms. The zero-order valence-corrected chi connectivity index (χ0v) is 15.0. The molecule has 3 saturated heterocycles. The summed E-state index contributed by atoms with van der Waals surface area (Å²) < 4.78 is 12.1. The van der Waals surface area contributed by atoms with Crippen LogP contribution in [-0.4, -0.2) is 62.0 Å². The lowest BCUT2D eigenvalue weighted by atomic mass is 9.51. The molecular weight excluding hydrogens is 302 g/mol. The normalized spacial score (nSPS) is 45.2. The Morgan fingerprint density at radius 2 is 1.96 bits per heavy atom. The first-order valence-corrected chi connectivity index (χ1v) is 10.0. The van der Waals surface area contributed by atoms with Gasteiger partial charge in [0.05, 0.1) is 18.3 Å². The van der Waals surface area contributed by atoms with Gasteiger partial charge in [0.25, 0.3) is 0 Å². The Labute approximate surface area is 145 Å². The first-order chi connectivity index (χ1) is 11.7. The summed E-state index contributed by atoms with van der Waals surface area (Å²) in [6.07, 6.45) is 9.18. The van der Waals surface area contributed by atoms with Crippen molar-refractivity contribution in [2.45, 2.75) is 69.8 Å². The first kappa shape index (κ1) is 15.4. The lowest BCUT2D eigenvalue weighted by Gasteiger charge is -2.61. The van der Waals surface area contributed by atoms with Gasteiger partial charge < -0.3 is 19.7 Å². The molecule has 5 nitrogen and oxygen atoms in total. The summed E-state index contributed by atoms with van der Waals surface area (Å²) in [4.78, 5) is 7.14. The average Bonchev–Trinajstić information content (AvgIpc) is 3.20. The van der Waals surface area contributed by atoms with Crippen LogP contribution in [0.5, 0.6) is 0 Å². The smallest absolute Gasteiger partial charge is 0.193 e. The minimum Gasteiger partial charge on any atom is -0.378 e. The van der Waals surface area contributed by atoms with E-state index in [1.807, 2.05) is 7.05 Å². The van der Waals surface area contributed by atoms with E-state index < -0.39 is 0 Å². The maximum absolute atomic E-state index is 6.11. The van der Waals surface area contributed by atoms with Gasteiger partial charge in [-0.3, -0.25) is 4.99 Å². The Morgan fingerprint density at radius 1 is 1.25 bits per heavy atom. The number of guanidine groups is 1. The Balaban J connectivity index is 1.24. The van der Waals surface area contributed by atoms with Gasteiger partial charge in [-0.15, -0.1) is 0 Å². The number of rotatable bonds is 3. The van der Waals surface area contributed by atoms with Crippen LogP contribution in [0.25, 0.3) is 0 Å². The Hall–Kier alpha value is -0.810. The van der Waals surface area contributed by atoms with Crippen molar-refractivity contribution < 1.29 is 9.47 Å². The third kappa shape index (κ3) is 2.03. The highest BCUT2D eigenvalue weighted by Gasteiger charge is 2.60. The maximum Gasteiger partial charge on any atom is 0.193 e. The largest absolute Gasteiger partial charge is 0.378 e. The molecule has 134 valence electrons. The van der Waals surface area contributed by atoms with E-state index in [4.69, 9.17) is 9.47 Å². The van der Waals surface area contributed by atoms with Crippen molar-refractivity contribution >= 4 is 5.96 Å². The van der Waals surface area contributed by atoms with Gasteiger partial charge in [0, 0.05) is 50.0 Å². The Bertz CT molecular complexity index is 515. The van der Waals surface area contributed by atoms with Crippen LogP contribution < -0.4 is 5.32 Å². The van der Waals surface area contributed by atoms with Crippen LogP contribution in [-0.2, 0) is 9.47 Å². The van der Waals surface area contributed by atoms with Gasteiger partial charge in [0.1, 0.15) is 0 Å². The number of nitrogens with one attached hydrogen (secondary N) is 1. The van der Waals surface area contributed by atoms with Crippen molar-refractivity contribution in [2.75, 3.05) is 26.7 Å². The van der Waals surface area contributed by atoms with Gasteiger partial charge in [0.15, 0.2) is 5.96 Å². The molecule has 2 bridgehead atoms. The molecular formula is C19H31N3O2. The third-order valence-electron chi connectivity index (χ3n) is 7.70. The summed E-state index contributed by atoms with van der Waals surface area (Å²) in [7, 11) is 1.94. The van der Waals surface area contributed by atoms with E-state index in [0.717, 1.165) is 43.9 Å². The minimum atomic E-state index is 0.393. The quantitative estimate of drug-likeness (QED) is 0.634. The van der Waals surface area contributed by atoms with Gasteiger partial charge in [0.2, 0.25) is 0 Å². The number of hydrogen-bond donors (Lipinski definition) is 1. The summed E-state index contributed by atoms with van der Waals surface area (Å²) in [5, 5.41) is 3.82. The average molecular weight is 333 g/mol. The first-order valence-electron chi connectivity index (χ1n) is 10.0. The van der Waals surface area contributed by atoms with Gasteiger partial charge in [-0.2, -0.15) is 0 Å². The van der Waals surface area contributed by atoms with Crippen molar-refractivity contribution in [3.8, 4) is 0 Å². The fourth-order valence-electron chi connectivity index (χ4n) is 6.23. The van der Waals surface area contributed by atoms with Crippen molar-refractivity contribution in [3.63, 3.8) is 0 Å². The van der Waals surface area contributed by atoms with E-state index in [1.165, 1.54) is 32.1 Å². The van der Waals surface area contributed by atoms with Crippen molar-refractivity contribution in [2.24, 2.45) is 22.2 Å². The molecule has 0 aromatic heterocycles. The molecule has 6 atom stereocenters. The second-order valence-corrected chi connectivity index (χ2v) is 8.53. The highest BCUT2D eigenvalue weighted by molar-refractivity contribution is 5.81. The predicted octanol–water partition coefficient (Wildman–Crippen LogP) is 2.02. The summed E-state index contributed by atoms with van der Waals surface area (Å²) in [5.74, 6) is 2.59. The fourth-order valence-corrected chi connectivity index (χ4v) is 6.23. The molecule has 5 aliphatic rings. The van der Waals surface area contributed by atoms with Crippen LogP contribution in [0.15, 0.2) is 4.99 Å². The van der Waals surface area contributed by atoms with Gasteiger partial charge in [-0.1, -0.05) is 6.42 Å². The van der Waals surface area contributed by atoms with Crippen LogP contribution >= 0.6 is 0 Å². The summed E-state index contributed by atoms with van der Waals surface area (Å²) in [6, 6.07) is 0.551. The molecule has 0 aromatic carbocycles. The van der Waals surface area contributed by atoms with Crippen molar-refractivity contribution in [1.29, 1.82) is 0 Å². The highest BCUT2D eigenvalue weighted by atomic mass is 16.5. The van der Waals surface area contributed by atoms with E-state index >= 15 is 0 Å². The van der Waals surface area contributed by atoms with E-state index in [1.54, 1.807) is 0 Å². The molecule has 2 saturated carbocycles. The third-order valence-corrected chi connectivity index (χ3v) is 7.70. The Morgan fingerprint density at radius 3 is 2.50 bits per heavy atom. The molecule has 24 heavy (non-hydrogen) atoms. The van der Waals surface area contributed by atoms with Crippen LogP contribution in [0.3, 0.4) is 0 Å². The molecule has 5 rings (SSSR count). The molecule has 1 N–H and O–H groups in total. The zero-order chi connectivity index (χ0) is 16.3. The molecule has 6 unspecified atom stereocenters. The predicted molar refractivity (Wildman–Crippen MR) is 93.0 cm³/mol. The summed E-state index contributed by atoms with van der Waals surface area (Å²) in [5.41, 5.74) is 0.393. The van der Waals surface area contributed by atoms with Crippen LogP contribution in [0.2, 0.25) is 0 Å². The molecule has 3 heterocycles. The molecule has 0 aromatic rings. The number of likely N-dealkylation sites (tertiary alicyclic amines) is 1. The number of hydrogen-bond acceptors (Lipinski definition) is 3. The number of nitrogens with zero attached hydrogens (tertiary/aromatic N) is 2. The lowest BCUT2D eigenvalue weighted by molar-refractivity contribution is -0.168. The van der Waals surface area contributed by atoms with E-state index in [9.17, 15) is 0 Å². The van der Waals surface area contributed by atoms with E-state index in [-0.39, 0.29) is 0 Å². The molecule has 5 fully saturated rings. The van der Waals surface area contributed by atoms with Crippen molar-refractivity contribution in [3.05, 3.63) is 0 Å². The van der Waals surface area contributed by atoms with Crippen LogP contribution in [0.4, 0.5) is 0 Å². The van der Waals surface area contributed by atoms with Crippen LogP contribution in [0.1, 0.15) is 45.4 Å². The topological polar surface area (TPSA) is 46.1 Å². The number of aliphatic imine (C=N–C) groups is 1. The molecule has 0 radical (unpaired) electrons. The Kier molecular flexibility index (Phi) is 3.60. The standard InChI is InChI=1S/C19H31N3O2/c1-3-23-17-9-16(19(17)7-4-8-19)21-18(20-2)22-10-12-13(11-22)15-6-5-14(12)24-15/h12-17H,3-11H2,1-2H3,(H,20,21). The number of fused-ring (bicyclic) bond motifs is 5. The van der Waals surface area contributed by atoms with Crippen molar-refractivity contribution in [1.82, 2.24) is 10.2 Å². The second-order valence-electron chi connectivity index (χ2n) is 8.53. The lowest BCUT2D eigenvalue weighted by Crippen LogP contribution is -2.68. The zero-order valence-electron chi connectivity index (χ0n) is 15.0. The van der Waals surface area contributed by atoms with E-state index in [0.29, 0.717) is 29.8 Å². The van der Waals surface area contributed by atoms with E-state index in [2.05, 4.69) is 22.1 Å². The maximum atomic E-state index is 6.11. The minimum absolute atomic E-state index is 0.393.